The van der Waals surface area contributed by atoms with Gasteiger partial charge in [0.15, 0.2) is 0 Å². The van der Waals surface area contributed by atoms with Crippen LogP contribution in [0.1, 0.15) is 43.0 Å². The molecule has 1 aliphatic heterocycles. The summed E-state index contributed by atoms with van der Waals surface area (Å²) in [5.41, 5.74) is 7.93. The molecule has 4 nitrogen and oxygen atoms in total. The first-order valence-corrected chi connectivity index (χ1v) is 7.04. The second-order valence-electron chi connectivity index (χ2n) is 4.90. The van der Waals surface area contributed by atoms with Crippen molar-refractivity contribution in [2.75, 3.05) is 30.3 Å². The molecule has 1 aliphatic rings. The van der Waals surface area contributed by atoms with Crippen LogP contribution in [0.15, 0.2) is 18.2 Å². The highest BCUT2D eigenvalue weighted by Crippen LogP contribution is 2.26. The van der Waals surface area contributed by atoms with Crippen molar-refractivity contribution in [3.63, 3.8) is 0 Å². The summed E-state index contributed by atoms with van der Waals surface area (Å²) in [5, 5.41) is 0. The highest BCUT2D eigenvalue weighted by Gasteiger charge is 2.18. The number of hydrogen-bond acceptors (Lipinski definition) is 4. The minimum absolute atomic E-state index is 0.283. The molecule has 1 fully saturated rings. The van der Waals surface area contributed by atoms with E-state index in [-0.39, 0.29) is 5.97 Å². The van der Waals surface area contributed by atoms with Crippen LogP contribution < -0.4 is 10.6 Å². The largest absolute Gasteiger partial charge is 0.462 e. The molecule has 0 atom stereocenters. The number of hydrogen-bond donors (Lipinski definition) is 1. The molecule has 2 N–H and O–H groups in total. The van der Waals surface area contributed by atoms with Crippen molar-refractivity contribution >= 4 is 17.3 Å². The number of nitrogens with two attached hydrogens (primary N) is 1. The van der Waals surface area contributed by atoms with Gasteiger partial charge in [-0.05, 0) is 38.0 Å². The normalized spacial score (nSPS) is 15.9. The number of ether oxygens (including phenoxy) is 1. The molecular formula is C15H22N2O2. The SMILES string of the molecule is CCOC(=O)c1cc(N)ccc1N1CCCCCC1. The molecule has 1 aromatic carbocycles. The molecule has 4 heteroatoms. The van der Waals surface area contributed by atoms with E-state index < -0.39 is 0 Å². The topological polar surface area (TPSA) is 55.6 Å². The van der Waals surface area contributed by atoms with Crippen LogP contribution in [-0.4, -0.2) is 25.7 Å². The smallest absolute Gasteiger partial charge is 0.340 e. The van der Waals surface area contributed by atoms with E-state index in [1.54, 1.807) is 6.07 Å². The maximum absolute atomic E-state index is 12.0. The van der Waals surface area contributed by atoms with Gasteiger partial charge in [0.1, 0.15) is 0 Å². The molecule has 0 aromatic heterocycles. The van der Waals surface area contributed by atoms with Gasteiger partial charge >= 0.3 is 5.97 Å². The molecule has 1 aromatic rings. The molecule has 2 rings (SSSR count). The molecule has 0 radical (unpaired) electrons. The van der Waals surface area contributed by atoms with Crippen molar-refractivity contribution in [1.29, 1.82) is 0 Å². The third-order valence-electron chi connectivity index (χ3n) is 3.46. The Bertz CT molecular complexity index is 438. The van der Waals surface area contributed by atoms with E-state index in [4.69, 9.17) is 10.5 Å². The number of benzene rings is 1. The molecule has 19 heavy (non-hydrogen) atoms. The van der Waals surface area contributed by atoms with Gasteiger partial charge in [0.05, 0.1) is 17.9 Å². The second kappa shape index (κ2) is 6.45. The van der Waals surface area contributed by atoms with Gasteiger partial charge in [-0.25, -0.2) is 4.79 Å². The van der Waals surface area contributed by atoms with Gasteiger partial charge in [-0.3, -0.25) is 0 Å². The van der Waals surface area contributed by atoms with Gasteiger partial charge in [0.25, 0.3) is 0 Å². The molecule has 0 unspecified atom stereocenters. The fraction of sp³-hybridized carbons (Fsp3) is 0.533. The third-order valence-corrected chi connectivity index (χ3v) is 3.46. The lowest BCUT2D eigenvalue weighted by molar-refractivity contribution is 0.0527. The summed E-state index contributed by atoms with van der Waals surface area (Å²) in [5.74, 6) is -0.283. The Labute approximate surface area is 114 Å². The zero-order valence-electron chi connectivity index (χ0n) is 11.5. The Morgan fingerprint density at radius 3 is 2.58 bits per heavy atom. The van der Waals surface area contributed by atoms with E-state index in [9.17, 15) is 4.79 Å². The molecule has 1 heterocycles. The third kappa shape index (κ3) is 3.40. The first-order chi connectivity index (χ1) is 9.22. The highest BCUT2D eigenvalue weighted by atomic mass is 16.5. The lowest BCUT2D eigenvalue weighted by Crippen LogP contribution is -2.26. The van der Waals surface area contributed by atoms with Gasteiger partial charge in [0.2, 0.25) is 0 Å². The van der Waals surface area contributed by atoms with Gasteiger partial charge in [0, 0.05) is 18.8 Å². The van der Waals surface area contributed by atoms with Crippen LogP contribution in [0, 0.1) is 0 Å². The molecule has 0 bridgehead atoms. The van der Waals surface area contributed by atoms with E-state index in [1.807, 2.05) is 19.1 Å². The summed E-state index contributed by atoms with van der Waals surface area (Å²) in [7, 11) is 0. The van der Waals surface area contributed by atoms with E-state index in [0.717, 1.165) is 18.8 Å². The number of esters is 1. The molecule has 104 valence electrons. The van der Waals surface area contributed by atoms with Gasteiger partial charge in [-0.2, -0.15) is 0 Å². The second-order valence-corrected chi connectivity index (χ2v) is 4.90. The standard InChI is InChI=1S/C15H22N2O2/c1-2-19-15(18)13-11-12(16)7-8-14(13)17-9-5-3-4-6-10-17/h7-8,11H,2-6,9-10,16H2,1H3. The number of anilines is 2. The number of carbonyl (C=O) groups excluding carboxylic acids is 1. The van der Waals surface area contributed by atoms with Crippen LogP contribution >= 0.6 is 0 Å². The van der Waals surface area contributed by atoms with Gasteiger partial charge in [-0.1, -0.05) is 12.8 Å². The van der Waals surface area contributed by atoms with E-state index >= 15 is 0 Å². The predicted molar refractivity (Wildman–Crippen MR) is 77.5 cm³/mol. The Hall–Kier alpha value is -1.71. The summed E-state index contributed by atoms with van der Waals surface area (Å²) >= 11 is 0. The maximum Gasteiger partial charge on any atom is 0.340 e. The molecule has 0 saturated carbocycles. The predicted octanol–water partition coefficient (Wildman–Crippen LogP) is 2.83. The van der Waals surface area contributed by atoms with E-state index in [0.29, 0.717) is 17.9 Å². The first-order valence-electron chi connectivity index (χ1n) is 7.04. The lowest BCUT2D eigenvalue weighted by atomic mass is 10.1. The van der Waals surface area contributed by atoms with Crippen LogP contribution in [0.2, 0.25) is 0 Å². The van der Waals surface area contributed by atoms with Crippen molar-refractivity contribution < 1.29 is 9.53 Å². The van der Waals surface area contributed by atoms with Crippen LogP contribution in [0.3, 0.4) is 0 Å². The molecule has 0 amide bonds. The zero-order chi connectivity index (χ0) is 13.7. The van der Waals surface area contributed by atoms with E-state index in [2.05, 4.69) is 4.90 Å². The van der Waals surface area contributed by atoms with Crippen molar-refractivity contribution in [3.8, 4) is 0 Å². The van der Waals surface area contributed by atoms with Crippen LogP contribution in [-0.2, 0) is 4.74 Å². The number of nitrogen functional groups attached to an aromatic ring is 1. The Morgan fingerprint density at radius 1 is 1.26 bits per heavy atom. The minimum atomic E-state index is -0.283. The molecular weight excluding hydrogens is 240 g/mol. The van der Waals surface area contributed by atoms with Crippen LogP contribution in [0.5, 0.6) is 0 Å². The zero-order valence-corrected chi connectivity index (χ0v) is 11.5. The molecule has 1 saturated heterocycles. The van der Waals surface area contributed by atoms with Gasteiger partial charge < -0.3 is 15.4 Å². The number of carbonyl (C=O) groups is 1. The quantitative estimate of drug-likeness (QED) is 0.672. The fourth-order valence-corrected chi connectivity index (χ4v) is 2.51. The molecule has 0 spiro atoms. The minimum Gasteiger partial charge on any atom is -0.462 e. The monoisotopic (exact) mass is 262 g/mol. The van der Waals surface area contributed by atoms with Crippen LogP contribution in [0.4, 0.5) is 11.4 Å². The average Bonchev–Trinajstić information content (AvgIpc) is 2.68. The number of rotatable bonds is 3. The van der Waals surface area contributed by atoms with Crippen molar-refractivity contribution in [1.82, 2.24) is 0 Å². The Balaban J connectivity index is 2.29. The van der Waals surface area contributed by atoms with Crippen molar-refractivity contribution in [2.45, 2.75) is 32.6 Å². The molecule has 0 aliphatic carbocycles. The van der Waals surface area contributed by atoms with Crippen LogP contribution in [0.25, 0.3) is 0 Å². The summed E-state index contributed by atoms with van der Waals surface area (Å²) in [6.07, 6.45) is 4.87. The highest BCUT2D eigenvalue weighted by molar-refractivity contribution is 5.97. The Morgan fingerprint density at radius 2 is 1.95 bits per heavy atom. The van der Waals surface area contributed by atoms with Gasteiger partial charge in [-0.15, -0.1) is 0 Å². The fourth-order valence-electron chi connectivity index (χ4n) is 2.51. The van der Waals surface area contributed by atoms with E-state index in [1.165, 1.54) is 25.7 Å². The summed E-state index contributed by atoms with van der Waals surface area (Å²) in [4.78, 5) is 14.3. The number of nitrogens with zero attached hydrogens (tertiary/aromatic N) is 1. The van der Waals surface area contributed by atoms with Crippen molar-refractivity contribution in [3.05, 3.63) is 23.8 Å². The maximum atomic E-state index is 12.0. The Kier molecular flexibility index (Phi) is 4.66. The van der Waals surface area contributed by atoms with Crippen molar-refractivity contribution in [2.24, 2.45) is 0 Å². The summed E-state index contributed by atoms with van der Waals surface area (Å²) in [6.45, 7) is 4.19. The summed E-state index contributed by atoms with van der Waals surface area (Å²) in [6, 6.07) is 5.51. The average molecular weight is 262 g/mol. The lowest BCUT2D eigenvalue weighted by Gasteiger charge is -2.25. The first kappa shape index (κ1) is 13.7. The summed E-state index contributed by atoms with van der Waals surface area (Å²) < 4.78 is 5.12.